The number of hydrogen-bond donors (Lipinski definition) is 1. The van der Waals surface area contributed by atoms with Crippen LogP contribution in [0.15, 0.2) is 79.4 Å². The van der Waals surface area contributed by atoms with E-state index in [0.29, 0.717) is 22.9 Å². The Hall–Kier alpha value is -2.15. The second kappa shape index (κ2) is 9.48. The Morgan fingerprint density at radius 3 is 2.44 bits per heavy atom. The lowest BCUT2D eigenvalue weighted by molar-refractivity contribution is -0.984. The van der Waals surface area contributed by atoms with Crippen LogP contribution in [-0.4, -0.2) is 28.7 Å². The van der Waals surface area contributed by atoms with Gasteiger partial charge in [0.2, 0.25) is 0 Å². The van der Waals surface area contributed by atoms with Gasteiger partial charge in [-0.2, -0.15) is 13.2 Å². The molecule has 0 aromatic heterocycles. The number of quaternary nitrogens is 1. The lowest BCUT2D eigenvalue weighted by atomic mass is 9.71. The summed E-state index contributed by atoms with van der Waals surface area (Å²) in [7, 11) is 0. The third kappa shape index (κ3) is 4.43. The second-order valence-electron chi connectivity index (χ2n) is 9.74. The Labute approximate surface area is 209 Å². The molecule has 0 radical (unpaired) electrons. The predicted molar refractivity (Wildman–Crippen MR) is 124 cm³/mol. The van der Waals surface area contributed by atoms with Crippen molar-refractivity contribution in [1.29, 1.82) is 0 Å². The van der Waals surface area contributed by atoms with Gasteiger partial charge in [-0.05, 0) is 34.4 Å². The summed E-state index contributed by atoms with van der Waals surface area (Å²) in [5.41, 5.74) is 1.19. The van der Waals surface area contributed by atoms with Gasteiger partial charge < -0.3 is 26.6 Å². The molecule has 34 heavy (non-hydrogen) atoms. The molecule has 6 rings (SSSR count). The van der Waals surface area contributed by atoms with Crippen LogP contribution >= 0.6 is 0 Å². The first-order chi connectivity index (χ1) is 15.8. The fourth-order valence-corrected chi connectivity index (χ4v) is 6.26. The van der Waals surface area contributed by atoms with E-state index < -0.39 is 17.8 Å². The van der Waals surface area contributed by atoms with Crippen molar-refractivity contribution >= 4 is 10.8 Å². The molecule has 5 atom stereocenters. The van der Waals surface area contributed by atoms with Crippen molar-refractivity contribution in [2.45, 2.75) is 37.7 Å². The first-order valence-corrected chi connectivity index (χ1v) is 11.6. The smallest absolute Gasteiger partial charge is 0.416 e. The Kier molecular flexibility index (Phi) is 6.96. The maximum absolute atomic E-state index is 13.1. The van der Waals surface area contributed by atoms with Crippen molar-refractivity contribution < 1.29 is 39.7 Å². The third-order valence-electron chi connectivity index (χ3n) is 7.96. The Bertz CT molecular complexity index is 1160. The molecule has 2 nitrogen and oxygen atoms in total. The van der Waals surface area contributed by atoms with E-state index in [4.69, 9.17) is 0 Å². The van der Waals surface area contributed by atoms with Crippen LogP contribution in [0.25, 0.3) is 10.8 Å². The van der Waals surface area contributed by atoms with Crippen molar-refractivity contribution in [2.75, 3.05) is 13.1 Å². The summed E-state index contributed by atoms with van der Waals surface area (Å²) in [6.07, 6.45) is -1.00. The summed E-state index contributed by atoms with van der Waals surface area (Å²) in [5, 5.41) is 13.9. The molecule has 0 aliphatic carbocycles. The van der Waals surface area contributed by atoms with E-state index in [1.165, 1.54) is 12.1 Å². The SMILES string of the molecule is C=C[C@H]1C[N+]2(Cc3ccc(C(F)(F)F)cc3)CC[C@H]1C[C@@H]2[C@@H](O)c1cccc2ccccc12.[Br-]. The molecule has 180 valence electrons. The number of nitrogens with zero attached hydrogens (tertiary/aromatic N) is 1. The van der Waals surface area contributed by atoms with Crippen LogP contribution in [0.1, 0.15) is 35.6 Å². The van der Waals surface area contributed by atoms with Crippen LogP contribution < -0.4 is 17.0 Å². The van der Waals surface area contributed by atoms with Gasteiger partial charge in [0, 0.05) is 24.3 Å². The quantitative estimate of drug-likeness (QED) is 0.394. The van der Waals surface area contributed by atoms with Crippen molar-refractivity contribution in [3.05, 3.63) is 96.1 Å². The normalized spacial score (nSPS) is 27.2. The molecule has 0 spiro atoms. The van der Waals surface area contributed by atoms with Gasteiger partial charge in [-0.15, -0.1) is 6.58 Å². The average Bonchev–Trinajstić information content (AvgIpc) is 2.83. The molecule has 3 aliphatic heterocycles. The average molecular weight is 532 g/mol. The molecule has 0 saturated carbocycles. The van der Waals surface area contributed by atoms with Gasteiger partial charge in [0.1, 0.15) is 18.7 Å². The van der Waals surface area contributed by atoms with Crippen LogP contribution in [0.4, 0.5) is 13.2 Å². The standard InChI is InChI=1S/C28H29F3NO.BrH/c1-2-20-18-32(17-19-10-12-23(13-11-19)28(29,30)31)15-14-22(20)16-26(32)27(33)25-9-5-7-21-6-3-4-8-24(21)25;/h2-13,20,22,26-27,33H,1,14-18H2;1H/q+1;/p-1/t20-,22-,26+,27-,32?;/m0./s1. The van der Waals surface area contributed by atoms with E-state index in [9.17, 15) is 18.3 Å². The molecule has 1 unspecified atom stereocenters. The second-order valence-corrected chi connectivity index (χ2v) is 9.74. The first kappa shape index (κ1) is 25.0. The minimum atomic E-state index is -4.34. The van der Waals surface area contributed by atoms with Gasteiger partial charge in [-0.1, -0.05) is 60.7 Å². The van der Waals surface area contributed by atoms with Crippen molar-refractivity contribution in [3.63, 3.8) is 0 Å². The Balaban J connectivity index is 0.00000274. The van der Waals surface area contributed by atoms with Crippen LogP contribution in [0.3, 0.4) is 0 Å². The number of rotatable bonds is 5. The number of hydrogen-bond acceptors (Lipinski definition) is 1. The van der Waals surface area contributed by atoms with Crippen molar-refractivity contribution in [2.24, 2.45) is 11.8 Å². The summed E-state index contributed by atoms with van der Waals surface area (Å²) in [6, 6.07) is 19.7. The molecule has 1 N–H and O–H groups in total. The highest BCUT2D eigenvalue weighted by Gasteiger charge is 2.54. The van der Waals surface area contributed by atoms with Crippen LogP contribution in [-0.2, 0) is 12.7 Å². The number of piperidine rings is 3. The fraction of sp³-hybridized carbons (Fsp3) is 0.357. The number of benzene rings is 3. The van der Waals surface area contributed by atoms with Gasteiger partial charge in [-0.3, -0.25) is 0 Å². The molecule has 3 heterocycles. The summed E-state index contributed by atoms with van der Waals surface area (Å²) >= 11 is 0. The molecule has 6 heteroatoms. The fourth-order valence-electron chi connectivity index (χ4n) is 6.26. The largest absolute Gasteiger partial charge is 1.00 e. The van der Waals surface area contributed by atoms with E-state index in [1.807, 2.05) is 30.3 Å². The lowest BCUT2D eigenvalue weighted by Crippen LogP contribution is -3.00. The van der Waals surface area contributed by atoms with Crippen molar-refractivity contribution in [3.8, 4) is 0 Å². The van der Waals surface area contributed by atoms with Crippen molar-refractivity contribution in [1.82, 2.24) is 0 Å². The number of fused-ring (bicyclic) bond motifs is 4. The molecule has 0 amide bonds. The van der Waals surface area contributed by atoms with E-state index >= 15 is 0 Å². The monoisotopic (exact) mass is 531 g/mol. The van der Waals surface area contributed by atoms with Crippen LogP contribution in [0, 0.1) is 11.8 Å². The highest BCUT2D eigenvalue weighted by atomic mass is 79.9. The van der Waals surface area contributed by atoms with Crippen LogP contribution in [0.5, 0.6) is 0 Å². The van der Waals surface area contributed by atoms with Gasteiger partial charge in [0.05, 0.1) is 18.7 Å². The zero-order valence-electron chi connectivity index (χ0n) is 18.9. The van der Waals surface area contributed by atoms with E-state index in [1.54, 1.807) is 12.1 Å². The number of halogens is 4. The zero-order chi connectivity index (χ0) is 23.2. The summed E-state index contributed by atoms with van der Waals surface area (Å²) in [4.78, 5) is 0. The number of aliphatic hydroxyl groups excluding tert-OH is 1. The van der Waals surface area contributed by atoms with Crippen LogP contribution in [0.2, 0.25) is 0 Å². The lowest BCUT2D eigenvalue weighted by Gasteiger charge is -2.58. The van der Waals surface area contributed by atoms with Gasteiger partial charge in [-0.25, -0.2) is 0 Å². The minimum Gasteiger partial charge on any atom is -1.00 e. The minimum absolute atomic E-state index is 0. The summed E-state index contributed by atoms with van der Waals surface area (Å²) in [5.74, 6) is 0.855. The Morgan fingerprint density at radius 1 is 1.03 bits per heavy atom. The van der Waals surface area contributed by atoms with Gasteiger partial charge >= 0.3 is 6.18 Å². The topological polar surface area (TPSA) is 20.2 Å². The molecule has 3 saturated heterocycles. The molecule has 3 aromatic rings. The summed E-state index contributed by atoms with van der Waals surface area (Å²) in [6.45, 7) is 6.45. The van der Waals surface area contributed by atoms with E-state index in [-0.39, 0.29) is 23.0 Å². The molecule has 3 aromatic carbocycles. The summed E-state index contributed by atoms with van der Waals surface area (Å²) < 4.78 is 39.9. The Morgan fingerprint density at radius 2 is 1.74 bits per heavy atom. The van der Waals surface area contributed by atoms with E-state index in [0.717, 1.165) is 47.8 Å². The number of alkyl halides is 3. The molecule has 3 aliphatic rings. The maximum Gasteiger partial charge on any atom is 0.416 e. The highest BCUT2D eigenvalue weighted by Crippen LogP contribution is 2.48. The predicted octanol–water partition coefficient (Wildman–Crippen LogP) is 3.51. The first-order valence-electron chi connectivity index (χ1n) is 11.6. The third-order valence-corrected chi connectivity index (χ3v) is 7.96. The maximum atomic E-state index is 13.1. The number of aliphatic hydroxyl groups is 1. The van der Waals surface area contributed by atoms with Gasteiger partial charge in [0.15, 0.2) is 0 Å². The molecule has 3 fully saturated rings. The molecule has 2 bridgehead atoms. The molecular weight excluding hydrogens is 503 g/mol. The van der Waals surface area contributed by atoms with E-state index in [2.05, 4.69) is 24.8 Å². The van der Waals surface area contributed by atoms with Gasteiger partial charge in [0.25, 0.3) is 0 Å². The highest BCUT2D eigenvalue weighted by molar-refractivity contribution is 5.86. The zero-order valence-corrected chi connectivity index (χ0v) is 20.5. The molecular formula is C28H29BrF3NO.